The smallest absolute Gasteiger partial charge is 0.329 e. The summed E-state index contributed by atoms with van der Waals surface area (Å²) in [6.07, 6.45) is 4.39. The molecule has 33 heavy (non-hydrogen) atoms. The van der Waals surface area contributed by atoms with Gasteiger partial charge in [0.15, 0.2) is 0 Å². The first-order chi connectivity index (χ1) is 16.0. The monoisotopic (exact) mass is 446 g/mol. The third-order valence-corrected chi connectivity index (χ3v) is 6.61. The van der Waals surface area contributed by atoms with E-state index in [0.29, 0.717) is 24.4 Å². The van der Waals surface area contributed by atoms with Crippen LogP contribution in [0.4, 0.5) is 0 Å². The largest absolute Gasteiger partial charge is 0.480 e. The van der Waals surface area contributed by atoms with Crippen LogP contribution >= 0.6 is 0 Å². The van der Waals surface area contributed by atoms with Gasteiger partial charge in [0.05, 0.1) is 18.0 Å². The second kappa shape index (κ2) is 10.8. The summed E-state index contributed by atoms with van der Waals surface area (Å²) in [7, 11) is 0. The quantitative estimate of drug-likeness (QED) is 0.422. The third kappa shape index (κ3) is 5.72. The fraction of sp³-hybridized carbons (Fsp3) is 0.429. The molecule has 1 N–H and O–H groups in total. The van der Waals surface area contributed by atoms with E-state index in [9.17, 15) is 4.79 Å². The molecule has 174 valence electrons. The minimum absolute atomic E-state index is 0.201. The van der Waals surface area contributed by atoms with Crippen LogP contribution in [-0.4, -0.2) is 34.1 Å². The lowest BCUT2D eigenvalue weighted by molar-refractivity contribution is -0.142. The topological polar surface area (TPSA) is 64.4 Å². The molecule has 0 aliphatic heterocycles. The highest BCUT2D eigenvalue weighted by Gasteiger charge is 2.26. The first-order valence-electron chi connectivity index (χ1n) is 12.0. The van der Waals surface area contributed by atoms with Gasteiger partial charge in [0.2, 0.25) is 0 Å². The Bertz CT molecular complexity index is 1040. The average molecular weight is 447 g/mol. The van der Waals surface area contributed by atoms with Crippen molar-refractivity contribution in [1.29, 1.82) is 0 Å². The summed E-state index contributed by atoms with van der Waals surface area (Å²) in [5, 5.41) is 14.0. The molecule has 3 aromatic rings. The molecule has 0 amide bonds. The van der Waals surface area contributed by atoms with Gasteiger partial charge >= 0.3 is 5.97 Å². The molecule has 1 aromatic heterocycles. The van der Waals surface area contributed by atoms with E-state index in [2.05, 4.69) is 79.2 Å². The molecule has 0 saturated heterocycles. The van der Waals surface area contributed by atoms with E-state index in [1.807, 2.05) is 0 Å². The normalized spacial score (nSPS) is 18.5. The Hall–Kier alpha value is -2.92. The number of carboxylic acids is 1. The van der Waals surface area contributed by atoms with Crippen LogP contribution in [-0.2, 0) is 16.1 Å². The first kappa shape index (κ1) is 23.2. The molecule has 1 aliphatic rings. The number of hydrogen-bond donors (Lipinski definition) is 1. The Labute approximate surface area is 196 Å². The fourth-order valence-electron chi connectivity index (χ4n) is 4.93. The van der Waals surface area contributed by atoms with Crippen molar-refractivity contribution in [2.75, 3.05) is 13.2 Å². The van der Waals surface area contributed by atoms with Crippen LogP contribution in [0, 0.1) is 11.8 Å². The van der Waals surface area contributed by atoms with Gasteiger partial charge in [-0.3, -0.25) is 4.68 Å². The van der Waals surface area contributed by atoms with Crippen molar-refractivity contribution >= 4 is 5.97 Å². The van der Waals surface area contributed by atoms with Crippen molar-refractivity contribution in [2.24, 2.45) is 11.8 Å². The van der Waals surface area contributed by atoms with Crippen molar-refractivity contribution in [3.8, 4) is 22.4 Å². The highest BCUT2D eigenvalue weighted by molar-refractivity contribution is 5.83. The van der Waals surface area contributed by atoms with Gasteiger partial charge in [-0.1, -0.05) is 74.5 Å². The number of carbonyl (C=O) groups is 1. The lowest BCUT2D eigenvalue weighted by Crippen LogP contribution is -2.23. The zero-order chi connectivity index (χ0) is 23.2. The number of benzene rings is 2. The number of rotatable bonds is 9. The first-order valence-corrected chi connectivity index (χ1v) is 12.0. The highest BCUT2D eigenvalue weighted by atomic mass is 16.5. The zero-order valence-electron chi connectivity index (χ0n) is 19.6. The van der Waals surface area contributed by atoms with Crippen LogP contribution in [0.25, 0.3) is 22.4 Å². The lowest BCUT2D eigenvalue weighted by Gasteiger charge is -2.28. The van der Waals surface area contributed by atoms with E-state index in [1.165, 1.54) is 22.4 Å². The molecule has 1 aliphatic carbocycles. The molecular weight excluding hydrogens is 412 g/mol. The van der Waals surface area contributed by atoms with Crippen molar-refractivity contribution in [3.63, 3.8) is 0 Å². The molecule has 2 aromatic carbocycles. The predicted molar refractivity (Wildman–Crippen MR) is 131 cm³/mol. The van der Waals surface area contributed by atoms with E-state index < -0.39 is 5.97 Å². The summed E-state index contributed by atoms with van der Waals surface area (Å²) in [4.78, 5) is 10.7. The van der Waals surface area contributed by atoms with Crippen LogP contribution in [0.5, 0.6) is 0 Å². The molecule has 5 nitrogen and oxygen atoms in total. The molecular formula is C28H34N2O3. The molecule has 1 saturated carbocycles. The van der Waals surface area contributed by atoms with Gasteiger partial charge in [-0.05, 0) is 49.0 Å². The summed E-state index contributed by atoms with van der Waals surface area (Å²) < 4.78 is 7.59. The number of nitrogens with zero attached hydrogens (tertiary/aromatic N) is 2. The molecule has 5 heteroatoms. The number of ether oxygens (including phenoxy) is 1. The summed E-state index contributed by atoms with van der Waals surface area (Å²) in [5.74, 6) is 0.446. The summed E-state index contributed by atoms with van der Waals surface area (Å²) >= 11 is 0. The minimum atomic E-state index is -0.897. The molecule has 0 atom stereocenters. The van der Waals surface area contributed by atoms with Crippen LogP contribution in [0.3, 0.4) is 0 Å². The third-order valence-electron chi connectivity index (χ3n) is 6.61. The lowest BCUT2D eigenvalue weighted by atomic mass is 9.82. The molecule has 1 heterocycles. The summed E-state index contributed by atoms with van der Waals surface area (Å²) in [6.45, 7) is 5.69. The van der Waals surface area contributed by atoms with Crippen LogP contribution < -0.4 is 0 Å². The second-order valence-electron chi connectivity index (χ2n) is 9.47. The molecule has 0 bridgehead atoms. The number of aliphatic carboxylic acids is 1. The Morgan fingerprint density at radius 3 is 2.12 bits per heavy atom. The Morgan fingerprint density at radius 1 is 0.970 bits per heavy atom. The average Bonchev–Trinajstić information content (AvgIpc) is 3.20. The maximum Gasteiger partial charge on any atom is 0.329 e. The maximum absolute atomic E-state index is 10.7. The van der Waals surface area contributed by atoms with Gasteiger partial charge in [-0.15, -0.1) is 0 Å². The van der Waals surface area contributed by atoms with Crippen LogP contribution in [0.2, 0.25) is 0 Å². The van der Waals surface area contributed by atoms with Gasteiger partial charge in [0.25, 0.3) is 0 Å². The standard InChI is InChI=1S/C28H34N2O3/c1-20(2)27-26(23-9-5-3-6-10-23)28(24-11-7-4-8-12-24)30(29-27)17-21-13-15-22(16-14-21)18-33-19-25(31)32/h3-12,20-22H,13-19H2,1-2H3,(H,31,32)/t21-,22+. The highest BCUT2D eigenvalue weighted by Crippen LogP contribution is 2.39. The Morgan fingerprint density at radius 2 is 1.55 bits per heavy atom. The van der Waals surface area contributed by atoms with Crippen LogP contribution in [0.15, 0.2) is 60.7 Å². The molecule has 1 fully saturated rings. The van der Waals surface area contributed by atoms with E-state index >= 15 is 0 Å². The van der Waals surface area contributed by atoms with Crippen molar-refractivity contribution in [1.82, 2.24) is 9.78 Å². The van der Waals surface area contributed by atoms with Gasteiger partial charge in [0, 0.05) is 17.7 Å². The molecule has 0 unspecified atom stereocenters. The van der Waals surface area contributed by atoms with Crippen molar-refractivity contribution in [2.45, 2.75) is 52.0 Å². The van der Waals surface area contributed by atoms with Gasteiger partial charge in [0.1, 0.15) is 6.61 Å². The zero-order valence-corrected chi connectivity index (χ0v) is 19.6. The number of carboxylic acid groups (broad SMARTS) is 1. The summed E-state index contributed by atoms with van der Waals surface area (Å²) in [5.41, 5.74) is 6.01. The number of hydrogen-bond acceptors (Lipinski definition) is 3. The van der Waals surface area contributed by atoms with Crippen molar-refractivity contribution < 1.29 is 14.6 Å². The SMILES string of the molecule is CC(C)c1nn(C[C@H]2CC[C@@H](COCC(=O)O)CC2)c(-c2ccccc2)c1-c1ccccc1. The van der Waals surface area contributed by atoms with E-state index in [-0.39, 0.29) is 6.61 Å². The van der Waals surface area contributed by atoms with Crippen molar-refractivity contribution in [3.05, 3.63) is 66.4 Å². The predicted octanol–water partition coefficient (Wildman–Crippen LogP) is 6.25. The molecule has 0 radical (unpaired) electrons. The molecule has 0 spiro atoms. The van der Waals surface area contributed by atoms with Gasteiger partial charge in [-0.25, -0.2) is 4.79 Å². The fourth-order valence-corrected chi connectivity index (χ4v) is 4.93. The summed E-state index contributed by atoms with van der Waals surface area (Å²) in [6, 6.07) is 21.2. The van der Waals surface area contributed by atoms with Gasteiger partial charge < -0.3 is 9.84 Å². The second-order valence-corrected chi connectivity index (χ2v) is 9.47. The van der Waals surface area contributed by atoms with Gasteiger partial charge in [-0.2, -0.15) is 5.10 Å². The van der Waals surface area contributed by atoms with E-state index in [1.54, 1.807) is 0 Å². The Kier molecular flexibility index (Phi) is 7.61. The van der Waals surface area contributed by atoms with E-state index in [0.717, 1.165) is 37.9 Å². The van der Waals surface area contributed by atoms with Crippen LogP contribution in [0.1, 0.15) is 51.1 Å². The minimum Gasteiger partial charge on any atom is -0.480 e. The Balaban J connectivity index is 1.59. The maximum atomic E-state index is 10.7. The number of aromatic nitrogens is 2. The van der Waals surface area contributed by atoms with E-state index in [4.69, 9.17) is 14.9 Å². The molecule has 4 rings (SSSR count).